The van der Waals surface area contributed by atoms with Crippen LogP contribution in [-0.2, 0) is 84.3 Å². The van der Waals surface area contributed by atoms with Gasteiger partial charge in [0.1, 0.15) is 115 Å². The van der Waals surface area contributed by atoms with Crippen LogP contribution in [0.1, 0.15) is 107 Å². The number of urea groups is 3. The van der Waals surface area contributed by atoms with Crippen LogP contribution in [0, 0.1) is 17.8 Å². The van der Waals surface area contributed by atoms with Gasteiger partial charge >= 0.3 is 36.0 Å². The van der Waals surface area contributed by atoms with Gasteiger partial charge in [0.15, 0.2) is 88.5 Å². The number of carbonyl (C=O) groups excluding carboxylic acids is 3. The quantitative estimate of drug-likeness (QED) is 0.0267. The highest BCUT2D eigenvalue weighted by Crippen LogP contribution is 2.52. The molecular weight excluding hydrogens is 1820 g/mol. The summed E-state index contributed by atoms with van der Waals surface area (Å²) in [6.45, 7) is 6.87. The Kier molecular flexibility index (Phi) is 31.0. The highest BCUT2D eigenvalue weighted by molar-refractivity contribution is 7.51. The van der Waals surface area contributed by atoms with E-state index in [-0.39, 0.29) is 92.8 Å². The predicted octanol–water partition coefficient (Wildman–Crippen LogP) is 4.45. The number of anilines is 3. The second kappa shape index (κ2) is 43.1. The number of aliphatic carboxylic acids is 3. The van der Waals surface area contributed by atoms with Crippen LogP contribution >= 0.6 is 22.8 Å². The monoisotopic (exact) mass is 1920 g/mol. The molecule has 9 saturated heterocycles. The maximum atomic E-state index is 13.0. The first-order valence-corrected chi connectivity index (χ1v) is 48.9. The number of ether oxygens (including phenoxy) is 9. The van der Waals surface area contributed by atoms with Gasteiger partial charge in [0.25, 0.3) is 0 Å². The zero-order valence-electron chi connectivity index (χ0n) is 72.5. The van der Waals surface area contributed by atoms with Crippen molar-refractivity contribution in [1.29, 1.82) is 0 Å². The largest absolute Gasteiger partial charge is 0.778 e. The van der Waals surface area contributed by atoms with E-state index in [1.54, 1.807) is 40.5 Å². The summed E-state index contributed by atoms with van der Waals surface area (Å²) in [6, 6.07) is 24.5. The maximum absolute atomic E-state index is 13.0. The summed E-state index contributed by atoms with van der Waals surface area (Å²) in [5, 5.41) is 52.5. The maximum Gasteiger partial charge on any atom is 0.320 e. The molecule has 0 bridgehead atoms. The topological polar surface area (TPSA) is 633 Å². The van der Waals surface area contributed by atoms with E-state index in [4.69, 9.17) is 56.2 Å². The molecule has 9 aliphatic heterocycles. The van der Waals surface area contributed by atoms with Crippen LogP contribution in [0.2, 0.25) is 0 Å². The molecule has 24 atom stereocenters. The van der Waals surface area contributed by atoms with E-state index in [1.165, 1.54) is 38.0 Å². The minimum Gasteiger partial charge on any atom is -0.778 e. The molecule has 9 aromatic rings. The Morgan fingerprint density at radius 1 is 0.425 bits per heavy atom. The van der Waals surface area contributed by atoms with Gasteiger partial charge in [0.2, 0.25) is 0 Å². The first-order valence-electron chi connectivity index (χ1n) is 43.8. The summed E-state index contributed by atoms with van der Waals surface area (Å²) < 4.78 is 117. The summed E-state index contributed by atoms with van der Waals surface area (Å²) in [5.74, 6) is -3.48. The van der Waals surface area contributed by atoms with Crippen molar-refractivity contribution in [3.8, 4) is 0 Å². The number of hydrogen-bond acceptors (Lipinski definition) is 36. The average Bonchev–Trinajstić information content (AvgIpc) is 1.58. The van der Waals surface area contributed by atoms with Gasteiger partial charge in [-0.3, -0.25) is 44.0 Å². The number of nitrogens with zero attached hydrogens (tertiary/aromatic N) is 12. The SMILES string of the molecule is CCNC(=O)Nc1ncnc2c1ncn2[C@@H]1O[C@H](COP(=O)([O-])CC2CCNC(C(=O)O)C2)C2O[C@@H](c3ccccc3)O[C@@H]21.CCNC(=O)Nc1ncnc2c1ncn2[C@@H]1O[C@H](COP(=O)([O-])CC2CCNC(C(=O)O)C2)C2O[C@H](/C=C/c3ccccc3)O[C@@H]21.CCNC(=O)Nc1ncnc2c1ncn2[C@@H]1O[C@H](COP(=O)([O-])CC2CCNC(C(=O)O)C2)C2O[C@H](c3ccccc3)O[C@@H]21. The number of carboxylic acid groups (broad SMARTS) is 3. The van der Waals surface area contributed by atoms with E-state index in [0.717, 1.165) is 16.7 Å². The lowest BCUT2D eigenvalue weighted by Gasteiger charge is -2.33. The van der Waals surface area contributed by atoms with Crippen molar-refractivity contribution < 1.29 is 129 Å². The van der Waals surface area contributed by atoms with Crippen molar-refractivity contribution in [2.75, 3.05) is 93.5 Å². The Morgan fingerprint density at radius 3 is 1.06 bits per heavy atom. The fourth-order valence-corrected chi connectivity index (χ4v) is 21.9. The van der Waals surface area contributed by atoms with Crippen molar-refractivity contribution in [2.45, 2.75) is 170 Å². The highest BCUT2D eigenvalue weighted by Gasteiger charge is 2.58. The normalized spacial score (nSPS) is 29.4. The molecule has 9 aliphatic rings. The molecule has 0 radical (unpaired) electrons. The number of nitrogens with one attached hydrogen (secondary N) is 9. The van der Waals surface area contributed by atoms with Gasteiger partial charge in [0.05, 0.1) is 38.8 Å². The number of piperidine rings is 3. The fraction of sp³-hybridized carbons (Fsp3) is 0.506. The lowest BCUT2D eigenvalue weighted by molar-refractivity contribution is -0.206. The van der Waals surface area contributed by atoms with Crippen molar-refractivity contribution >= 4 is 116 Å². The van der Waals surface area contributed by atoms with E-state index < -0.39 is 169 Å². The molecule has 0 saturated carbocycles. The smallest absolute Gasteiger partial charge is 0.320 e. The molecule has 0 spiro atoms. The minimum atomic E-state index is -4.37. The first-order chi connectivity index (χ1) is 64.6. The summed E-state index contributed by atoms with van der Waals surface area (Å²) >= 11 is 0. The lowest BCUT2D eigenvalue weighted by Crippen LogP contribution is -2.44. The molecule has 6 amide bonds. The van der Waals surface area contributed by atoms with Gasteiger partial charge in [0, 0.05) is 49.2 Å². The Morgan fingerprint density at radius 2 is 0.731 bits per heavy atom. The number of fused-ring (bicyclic) bond motifs is 6. The van der Waals surface area contributed by atoms with E-state index in [9.17, 15) is 72.5 Å². The molecule has 3 aromatic carbocycles. The average molecular weight is 1920 g/mol. The molecule has 134 heavy (non-hydrogen) atoms. The molecular formula is C83H101N21O27P3-3. The van der Waals surface area contributed by atoms with Crippen LogP contribution in [0.15, 0.2) is 135 Å². The third-order valence-electron chi connectivity index (χ3n) is 23.7. The number of benzene rings is 3. The molecule has 12 unspecified atom stereocenters. The Bertz CT molecular complexity index is 5580. The first kappa shape index (κ1) is 96.4. The summed E-state index contributed by atoms with van der Waals surface area (Å²) in [7, 11) is -13.1. The van der Waals surface area contributed by atoms with Crippen LogP contribution in [0.4, 0.5) is 31.8 Å². The number of carboxylic acids is 3. The molecule has 15 heterocycles. The van der Waals surface area contributed by atoms with Crippen molar-refractivity contribution in [3.63, 3.8) is 0 Å². The van der Waals surface area contributed by atoms with Gasteiger partial charge in [-0.2, -0.15) is 0 Å². The number of carbonyl (C=O) groups is 6. The van der Waals surface area contributed by atoms with Crippen LogP contribution in [-0.4, -0.2) is 267 Å². The Balaban J connectivity index is 0.000000146. The van der Waals surface area contributed by atoms with Gasteiger partial charge in [-0.25, -0.2) is 59.2 Å². The molecule has 51 heteroatoms. The van der Waals surface area contributed by atoms with E-state index in [0.29, 0.717) is 92.0 Å². The predicted molar refractivity (Wildman–Crippen MR) is 464 cm³/mol. The van der Waals surface area contributed by atoms with Gasteiger partial charge in [-0.15, -0.1) is 0 Å². The Hall–Kier alpha value is -10.8. The molecule has 6 aromatic heterocycles. The zero-order valence-corrected chi connectivity index (χ0v) is 75.2. The van der Waals surface area contributed by atoms with Gasteiger partial charge in [-0.05, 0) is 108 Å². The molecule has 18 rings (SSSR count). The standard InChI is InChI=1S/C29H36N7O9P.2C27H34N7O9P/c1-2-30-29(39)35-25-22-26(33-15-32-25)36(16-34-22)27-24-23(44-21(45-24)9-8-17-6-4-3-5-7-17)20(43-27)13-42-46(40,41)14-18-10-11-31-19(12-18)28(37)38;2*1-2-28-27(37)33-22-19-23(31-13-30-22)34(14-32-19)24-21-20(42-26(43-21)16-6-4-3-5-7-16)18(41-24)11-40-44(38,39)12-15-8-9-29-17(10-15)25(35)36/h3-9,15-16,18-21,23-24,27,31H,2,10-14H2,1H3,(H,37,38)(H,40,41)(H2,30,32,33,35,39);2*3-7,13-15,17-18,20-21,24,26,29H,2,8-12H2,1H3,(H,35,36)(H,38,39)(H2,28,30,31,33,37)/p-3/b9-8+;;/t18?,19?,20-,21+,23?,24+,27-;15?,17?,18-,20?,21+,24-,26+;15?,17?,18-,20?,21+,24-,26-/m111/s1. The minimum absolute atomic E-state index is 0.191. The number of hydrogen-bond donors (Lipinski definition) is 12. The second-order valence-corrected chi connectivity index (χ2v) is 38.5. The highest BCUT2D eigenvalue weighted by atomic mass is 31.2. The van der Waals surface area contributed by atoms with E-state index >= 15 is 0 Å². The van der Waals surface area contributed by atoms with Crippen LogP contribution in [0.3, 0.4) is 0 Å². The molecule has 0 aliphatic carbocycles. The van der Waals surface area contributed by atoms with Crippen LogP contribution in [0.25, 0.3) is 39.6 Å². The summed E-state index contributed by atoms with van der Waals surface area (Å²) in [4.78, 5) is 148. The third kappa shape index (κ3) is 23.1. The molecule has 718 valence electrons. The number of rotatable bonds is 31. The van der Waals surface area contributed by atoms with E-state index in [2.05, 4.69) is 92.7 Å². The van der Waals surface area contributed by atoms with Crippen molar-refractivity contribution in [1.82, 2.24) is 90.5 Å². The second-order valence-electron chi connectivity index (χ2n) is 33.0. The van der Waals surface area contributed by atoms with Crippen molar-refractivity contribution in [2.24, 2.45) is 17.8 Å². The van der Waals surface area contributed by atoms with Crippen LogP contribution < -0.4 is 62.5 Å². The fourth-order valence-electron chi connectivity index (χ4n) is 17.5. The molecule has 48 nitrogen and oxygen atoms in total. The Labute approximate surface area is 764 Å². The van der Waals surface area contributed by atoms with Crippen molar-refractivity contribution in [3.05, 3.63) is 152 Å². The van der Waals surface area contributed by atoms with Gasteiger partial charge in [-0.1, -0.05) is 97.1 Å². The van der Waals surface area contributed by atoms with Gasteiger partial charge < -0.3 is 132 Å². The van der Waals surface area contributed by atoms with E-state index in [1.807, 2.05) is 97.1 Å². The summed E-state index contributed by atoms with van der Waals surface area (Å²) in [5.41, 5.74) is 4.53. The van der Waals surface area contributed by atoms with Crippen LogP contribution in [0.5, 0.6) is 0 Å². The molecule has 12 N–H and O–H groups in total. The number of aromatic nitrogens is 12. The number of amides is 6. The lowest BCUT2D eigenvalue weighted by atomic mass is 9.94. The molecule has 9 fully saturated rings. The summed E-state index contributed by atoms with van der Waals surface area (Å²) in [6.07, 6.45) is 1.82. The number of imidazole rings is 3. The zero-order chi connectivity index (χ0) is 94.0. The third-order valence-corrected chi connectivity index (χ3v) is 28.3.